The van der Waals surface area contributed by atoms with E-state index in [1.54, 1.807) is 0 Å². The van der Waals surface area contributed by atoms with Gasteiger partial charge in [-0.25, -0.2) is 18.7 Å². The van der Waals surface area contributed by atoms with E-state index in [0.29, 0.717) is 21.8 Å². The SMILES string of the molecule is O=[N+]([O-])c1c(Nc2cc(Cl)cc(Cl)c2)ncnc1Nc1ccc(F)cc1F. The number of hydrogen-bond donors (Lipinski definition) is 2. The van der Waals surface area contributed by atoms with Gasteiger partial charge in [-0.15, -0.1) is 0 Å². The van der Waals surface area contributed by atoms with Gasteiger partial charge in [0.05, 0.1) is 10.6 Å². The van der Waals surface area contributed by atoms with E-state index >= 15 is 0 Å². The van der Waals surface area contributed by atoms with Crippen LogP contribution < -0.4 is 10.6 Å². The van der Waals surface area contributed by atoms with Crippen molar-refractivity contribution in [1.82, 2.24) is 9.97 Å². The van der Waals surface area contributed by atoms with Gasteiger partial charge < -0.3 is 10.6 Å². The van der Waals surface area contributed by atoms with Gasteiger partial charge in [-0.3, -0.25) is 10.1 Å². The van der Waals surface area contributed by atoms with E-state index < -0.39 is 22.2 Å². The summed E-state index contributed by atoms with van der Waals surface area (Å²) in [6.45, 7) is 0. The van der Waals surface area contributed by atoms with Crippen molar-refractivity contribution in [3.63, 3.8) is 0 Å². The zero-order chi connectivity index (χ0) is 19.6. The highest BCUT2D eigenvalue weighted by molar-refractivity contribution is 6.35. The Morgan fingerprint density at radius 3 is 2.19 bits per heavy atom. The van der Waals surface area contributed by atoms with E-state index in [-0.39, 0.29) is 17.3 Å². The molecule has 2 N–H and O–H groups in total. The molecule has 0 aliphatic rings. The largest absolute Gasteiger partial charge is 0.353 e. The Balaban J connectivity index is 2.00. The summed E-state index contributed by atoms with van der Waals surface area (Å²) in [5.74, 6) is -2.16. The summed E-state index contributed by atoms with van der Waals surface area (Å²) in [5.41, 5.74) is -0.375. The Morgan fingerprint density at radius 2 is 1.59 bits per heavy atom. The molecule has 0 spiro atoms. The summed E-state index contributed by atoms with van der Waals surface area (Å²) >= 11 is 11.8. The molecule has 3 aromatic rings. The molecule has 1 aromatic heterocycles. The van der Waals surface area contributed by atoms with E-state index in [0.717, 1.165) is 18.5 Å². The molecule has 27 heavy (non-hydrogen) atoms. The fourth-order valence-electron chi connectivity index (χ4n) is 2.22. The number of halogens is 4. The fraction of sp³-hybridized carbons (Fsp3) is 0. The predicted molar refractivity (Wildman–Crippen MR) is 98.1 cm³/mol. The number of nitrogens with zero attached hydrogens (tertiary/aromatic N) is 3. The first-order valence-electron chi connectivity index (χ1n) is 7.28. The fourth-order valence-corrected chi connectivity index (χ4v) is 2.74. The van der Waals surface area contributed by atoms with Gasteiger partial charge >= 0.3 is 5.69 Å². The predicted octanol–water partition coefficient (Wildman–Crippen LogP) is 5.46. The van der Waals surface area contributed by atoms with Crippen LogP contribution in [0.4, 0.5) is 37.5 Å². The van der Waals surface area contributed by atoms with Crippen molar-refractivity contribution in [3.8, 4) is 0 Å². The van der Waals surface area contributed by atoms with Crippen LogP contribution in [0.5, 0.6) is 0 Å². The number of nitro groups is 1. The van der Waals surface area contributed by atoms with Gasteiger partial charge in [-0.1, -0.05) is 23.2 Å². The lowest BCUT2D eigenvalue weighted by atomic mass is 10.3. The maximum atomic E-state index is 13.8. The third-order valence-electron chi connectivity index (χ3n) is 3.31. The van der Waals surface area contributed by atoms with E-state index in [9.17, 15) is 18.9 Å². The molecule has 0 aliphatic heterocycles. The van der Waals surface area contributed by atoms with Crippen LogP contribution >= 0.6 is 23.2 Å². The van der Waals surface area contributed by atoms with Crippen molar-refractivity contribution < 1.29 is 13.7 Å². The molecule has 0 saturated heterocycles. The molecule has 0 atom stereocenters. The number of hydrogen-bond acceptors (Lipinski definition) is 6. The van der Waals surface area contributed by atoms with Crippen molar-refractivity contribution in [3.05, 3.63) is 74.5 Å². The third-order valence-corrected chi connectivity index (χ3v) is 3.75. The molecule has 0 amide bonds. The van der Waals surface area contributed by atoms with Crippen molar-refractivity contribution in [2.45, 2.75) is 0 Å². The van der Waals surface area contributed by atoms with Crippen LogP contribution in [0.3, 0.4) is 0 Å². The Morgan fingerprint density at radius 1 is 0.963 bits per heavy atom. The molecule has 2 aromatic carbocycles. The lowest BCUT2D eigenvalue weighted by molar-refractivity contribution is -0.383. The molecule has 11 heteroatoms. The van der Waals surface area contributed by atoms with Crippen LogP contribution in [0.15, 0.2) is 42.7 Å². The Hall–Kier alpha value is -3.04. The third kappa shape index (κ3) is 4.39. The monoisotopic (exact) mass is 411 g/mol. The van der Waals surface area contributed by atoms with Crippen LogP contribution in [-0.2, 0) is 0 Å². The average Bonchev–Trinajstić information content (AvgIpc) is 2.56. The standard InChI is InChI=1S/C16H9Cl2F2N5O2/c17-8-3-9(18)5-11(4-8)23-15-14(25(26)27)16(22-7-21-15)24-13-2-1-10(19)6-12(13)20/h1-7H,(H2,21,22,23,24). The maximum absolute atomic E-state index is 13.8. The number of rotatable bonds is 5. The summed E-state index contributed by atoms with van der Waals surface area (Å²) in [6, 6.07) is 7.22. The van der Waals surface area contributed by atoms with Gasteiger partial charge in [0.25, 0.3) is 0 Å². The highest BCUT2D eigenvalue weighted by Gasteiger charge is 2.24. The van der Waals surface area contributed by atoms with Crippen LogP contribution in [-0.4, -0.2) is 14.9 Å². The normalized spacial score (nSPS) is 10.5. The topological polar surface area (TPSA) is 93.0 Å². The summed E-state index contributed by atoms with van der Waals surface area (Å²) in [5, 5.41) is 17.4. The Labute approximate surface area is 161 Å². The molecule has 0 bridgehead atoms. The Bertz CT molecular complexity index is 1020. The molecular weight excluding hydrogens is 403 g/mol. The molecule has 0 saturated carbocycles. The summed E-state index contributed by atoms with van der Waals surface area (Å²) in [7, 11) is 0. The first-order valence-corrected chi connectivity index (χ1v) is 8.03. The van der Waals surface area contributed by atoms with E-state index in [1.807, 2.05) is 0 Å². The molecule has 138 valence electrons. The van der Waals surface area contributed by atoms with Crippen molar-refractivity contribution in [1.29, 1.82) is 0 Å². The lowest BCUT2D eigenvalue weighted by Gasteiger charge is -2.11. The van der Waals surface area contributed by atoms with Crippen molar-refractivity contribution in [2.24, 2.45) is 0 Å². The van der Waals surface area contributed by atoms with Gasteiger partial charge in [-0.05, 0) is 30.3 Å². The molecule has 0 fully saturated rings. The first-order chi connectivity index (χ1) is 12.8. The molecule has 0 radical (unpaired) electrons. The summed E-state index contributed by atoms with van der Waals surface area (Å²) < 4.78 is 26.9. The molecular formula is C16H9Cl2F2N5O2. The molecule has 1 heterocycles. The van der Waals surface area contributed by atoms with Gasteiger partial charge in [0.15, 0.2) is 0 Å². The molecule has 3 rings (SSSR count). The number of benzene rings is 2. The van der Waals surface area contributed by atoms with Crippen molar-refractivity contribution >= 4 is 51.9 Å². The minimum Gasteiger partial charge on any atom is -0.334 e. The van der Waals surface area contributed by atoms with Crippen molar-refractivity contribution in [2.75, 3.05) is 10.6 Å². The second-order valence-electron chi connectivity index (χ2n) is 5.21. The van der Waals surface area contributed by atoms with Crippen LogP contribution in [0.25, 0.3) is 0 Å². The van der Waals surface area contributed by atoms with Gasteiger partial charge in [0.2, 0.25) is 11.6 Å². The van der Waals surface area contributed by atoms with Crippen LogP contribution in [0.2, 0.25) is 10.0 Å². The number of aromatic nitrogens is 2. The lowest BCUT2D eigenvalue weighted by Crippen LogP contribution is -2.06. The van der Waals surface area contributed by atoms with Gasteiger partial charge in [0, 0.05) is 21.8 Å². The summed E-state index contributed by atoms with van der Waals surface area (Å²) in [4.78, 5) is 18.4. The second-order valence-corrected chi connectivity index (χ2v) is 6.08. The first kappa shape index (κ1) is 18.7. The minimum absolute atomic E-state index is 0.168. The summed E-state index contributed by atoms with van der Waals surface area (Å²) in [6.07, 6.45) is 1.05. The Kier molecular flexibility index (Phi) is 5.33. The highest BCUT2D eigenvalue weighted by Crippen LogP contribution is 2.34. The minimum atomic E-state index is -0.931. The smallest absolute Gasteiger partial charge is 0.334 e. The van der Waals surface area contributed by atoms with Gasteiger partial charge in [0.1, 0.15) is 18.0 Å². The average molecular weight is 412 g/mol. The zero-order valence-electron chi connectivity index (χ0n) is 13.2. The second kappa shape index (κ2) is 7.68. The van der Waals surface area contributed by atoms with Crippen LogP contribution in [0.1, 0.15) is 0 Å². The highest BCUT2D eigenvalue weighted by atomic mass is 35.5. The number of nitrogens with one attached hydrogen (secondary N) is 2. The van der Waals surface area contributed by atoms with Crippen LogP contribution in [0, 0.1) is 21.7 Å². The maximum Gasteiger partial charge on any atom is 0.353 e. The van der Waals surface area contributed by atoms with E-state index in [2.05, 4.69) is 20.6 Å². The zero-order valence-corrected chi connectivity index (χ0v) is 14.7. The molecule has 0 unspecified atom stereocenters. The van der Waals surface area contributed by atoms with E-state index in [1.165, 1.54) is 18.2 Å². The number of anilines is 4. The molecule has 7 nitrogen and oxygen atoms in total. The van der Waals surface area contributed by atoms with Gasteiger partial charge in [-0.2, -0.15) is 0 Å². The quantitative estimate of drug-likeness (QED) is 0.427. The van der Waals surface area contributed by atoms with E-state index in [4.69, 9.17) is 23.2 Å². The molecule has 0 aliphatic carbocycles.